The Morgan fingerprint density at radius 2 is 1.83 bits per heavy atom. The summed E-state index contributed by atoms with van der Waals surface area (Å²) in [4.78, 5) is 14.1. The van der Waals surface area contributed by atoms with Crippen LogP contribution in [0.4, 0.5) is 0 Å². The molecule has 2 rings (SSSR count). The molecule has 0 aliphatic heterocycles. The molecule has 7 heteroatoms. The van der Waals surface area contributed by atoms with E-state index in [1.807, 2.05) is 30.3 Å². The van der Waals surface area contributed by atoms with E-state index in [0.717, 1.165) is 5.56 Å². The third kappa shape index (κ3) is 2.66. The minimum absolute atomic E-state index is 0.303. The Morgan fingerprint density at radius 1 is 1.22 bits per heavy atom. The fraction of sp³-hybridized carbons (Fsp3) is 0.182. The van der Waals surface area contributed by atoms with Crippen LogP contribution in [-0.2, 0) is 10.3 Å². The van der Waals surface area contributed by atoms with Crippen LogP contribution in [0.3, 0.4) is 0 Å². The molecule has 0 bridgehead atoms. The lowest BCUT2D eigenvalue weighted by Crippen LogP contribution is -2.25. The summed E-state index contributed by atoms with van der Waals surface area (Å²) in [5.41, 5.74) is 0.557. The number of nitrogens with one attached hydrogen (secondary N) is 1. The molecule has 1 heterocycles. The van der Waals surface area contributed by atoms with Crippen LogP contribution in [0.15, 0.2) is 35.1 Å². The largest absolute Gasteiger partial charge is 0.493 e. The first-order valence-corrected chi connectivity index (χ1v) is 6.17. The molecule has 0 atom stereocenters. The minimum Gasteiger partial charge on any atom is -0.493 e. The standard InChI is InChI=1S/C11H9Cl3N2O2/c12-11(13,14)16-9(17)8(15-10(16)18)6-7-4-2-1-3-5-7/h1-5,17H,6H2,(H,15,18). The number of imidazole rings is 1. The third-order valence-electron chi connectivity index (χ3n) is 2.42. The van der Waals surface area contributed by atoms with Crippen LogP contribution < -0.4 is 5.69 Å². The molecule has 0 radical (unpaired) electrons. The van der Waals surface area contributed by atoms with E-state index in [0.29, 0.717) is 16.7 Å². The van der Waals surface area contributed by atoms with Crippen LogP contribution in [-0.4, -0.2) is 14.7 Å². The lowest BCUT2D eigenvalue weighted by atomic mass is 10.1. The summed E-state index contributed by atoms with van der Waals surface area (Å²) in [5, 5.41) is 9.88. The first kappa shape index (κ1) is 13.3. The van der Waals surface area contributed by atoms with Crippen molar-refractivity contribution < 1.29 is 5.11 Å². The summed E-state index contributed by atoms with van der Waals surface area (Å²) in [6.07, 6.45) is 0.343. The van der Waals surface area contributed by atoms with Crippen molar-refractivity contribution in [1.29, 1.82) is 0 Å². The second-order valence-corrected chi connectivity index (χ2v) is 5.92. The molecule has 0 saturated carbocycles. The molecule has 1 aromatic carbocycles. The van der Waals surface area contributed by atoms with E-state index < -0.39 is 9.61 Å². The zero-order chi connectivity index (χ0) is 13.3. The molecule has 0 unspecified atom stereocenters. The van der Waals surface area contributed by atoms with Crippen LogP contribution >= 0.6 is 34.8 Å². The van der Waals surface area contributed by atoms with Gasteiger partial charge in [-0.1, -0.05) is 65.1 Å². The van der Waals surface area contributed by atoms with E-state index >= 15 is 0 Å². The summed E-state index contributed by atoms with van der Waals surface area (Å²) >= 11 is 16.8. The normalized spacial score (nSPS) is 11.7. The molecule has 0 fully saturated rings. The molecule has 4 nitrogen and oxygen atoms in total. The van der Waals surface area contributed by atoms with Crippen LogP contribution in [0.1, 0.15) is 11.3 Å². The Morgan fingerprint density at radius 3 is 2.33 bits per heavy atom. The van der Waals surface area contributed by atoms with Gasteiger partial charge in [0.1, 0.15) is 0 Å². The highest BCUT2D eigenvalue weighted by atomic mass is 35.6. The van der Waals surface area contributed by atoms with Gasteiger partial charge in [0.25, 0.3) is 3.92 Å². The molecular formula is C11H9Cl3N2O2. The van der Waals surface area contributed by atoms with Gasteiger partial charge in [0.2, 0.25) is 5.88 Å². The Balaban J connectivity index is 2.40. The summed E-state index contributed by atoms with van der Waals surface area (Å²) < 4.78 is -1.34. The number of nitrogens with zero attached hydrogens (tertiary/aromatic N) is 1. The zero-order valence-electron chi connectivity index (χ0n) is 9.03. The second kappa shape index (κ2) is 4.88. The lowest BCUT2D eigenvalue weighted by molar-refractivity contribution is 0.414. The number of hydrogen-bond donors (Lipinski definition) is 2. The van der Waals surface area contributed by atoms with Crippen molar-refractivity contribution >= 4 is 34.8 Å². The fourth-order valence-electron chi connectivity index (χ4n) is 1.63. The van der Waals surface area contributed by atoms with E-state index in [4.69, 9.17) is 34.8 Å². The van der Waals surface area contributed by atoms with E-state index in [1.54, 1.807) is 0 Å². The van der Waals surface area contributed by atoms with Crippen LogP contribution in [0, 0.1) is 0 Å². The van der Waals surface area contributed by atoms with Gasteiger partial charge in [-0.25, -0.2) is 9.36 Å². The Hall–Kier alpha value is -1.10. The molecule has 0 saturated heterocycles. The molecule has 0 aliphatic rings. The van der Waals surface area contributed by atoms with Gasteiger partial charge in [-0.2, -0.15) is 0 Å². The molecule has 0 aliphatic carbocycles. The van der Waals surface area contributed by atoms with Gasteiger partial charge in [-0.15, -0.1) is 0 Å². The van der Waals surface area contributed by atoms with Gasteiger partial charge in [-0.05, 0) is 5.56 Å². The number of H-pyrrole nitrogens is 1. The molecular weight excluding hydrogens is 298 g/mol. The maximum absolute atomic E-state index is 11.6. The monoisotopic (exact) mass is 306 g/mol. The predicted octanol–water partition coefficient (Wildman–Crippen LogP) is 2.76. The highest BCUT2D eigenvalue weighted by Gasteiger charge is 2.30. The SMILES string of the molecule is O=c1[nH]c(Cc2ccccc2)c(O)n1C(Cl)(Cl)Cl. The number of rotatable bonds is 2. The average molecular weight is 308 g/mol. The third-order valence-corrected chi connectivity index (χ3v) is 2.93. The second-order valence-electron chi connectivity index (χ2n) is 3.70. The summed E-state index contributed by atoms with van der Waals surface area (Å²) in [5.74, 6) is -0.371. The quantitative estimate of drug-likeness (QED) is 0.838. The van der Waals surface area contributed by atoms with Crippen molar-refractivity contribution in [1.82, 2.24) is 9.55 Å². The van der Waals surface area contributed by atoms with Gasteiger partial charge >= 0.3 is 5.69 Å². The number of benzene rings is 1. The number of aromatic hydroxyl groups is 1. The Kier molecular flexibility index (Phi) is 3.61. The highest BCUT2D eigenvalue weighted by molar-refractivity contribution is 6.64. The van der Waals surface area contributed by atoms with E-state index in [1.165, 1.54) is 0 Å². The predicted molar refractivity (Wildman–Crippen MR) is 71.5 cm³/mol. The van der Waals surface area contributed by atoms with Crippen LogP contribution in [0.2, 0.25) is 0 Å². The van der Waals surface area contributed by atoms with Crippen molar-refractivity contribution in [3.8, 4) is 5.88 Å². The smallest absolute Gasteiger partial charge is 0.332 e. The van der Waals surface area contributed by atoms with Crippen molar-refractivity contribution in [3.05, 3.63) is 52.1 Å². The molecule has 96 valence electrons. The van der Waals surface area contributed by atoms with Gasteiger partial charge in [0.15, 0.2) is 0 Å². The fourth-order valence-corrected chi connectivity index (χ4v) is 2.10. The Bertz CT molecular complexity index is 599. The van der Waals surface area contributed by atoms with E-state index in [-0.39, 0.29) is 5.88 Å². The van der Waals surface area contributed by atoms with Crippen LogP contribution in [0.5, 0.6) is 5.88 Å². The highest BCUT2D eigenvalue weighted by Crippen LogP contribution is 2.35. The molecule has 1 aromatic heterocycles. The molecule has 2 aromatic rings. The number of halogens is 3. The molecule has 0 amide bonds. The van der Waals surface area contributed by atoms with Gasteiger partial charge in [0.05, 0.1) is 5.69 Å². The summed E-state index contributed by atoms with van der Waals surface area (Å²) in [6, 6.07) is 9.32. The molecule has 18 heavy (non-hydrogen) atoms. The zero-order valence-corrected chi connectivity index (χ0v) is 11.3. The number of aromatic amines is 1. The number of hydrogen-bond acceptors (Lipinski definition) is 2. The topological polar surface area (TPSA) is 58.0 Å². The number of alkyl halides is 3. The Labute approximate surface area is 118 Å². The van der Waals surface area contributed by atoms with E-state index in [9.17, 15) is 9.90 Å². The molecule has 0 spiro atoms. The molecule has 2 N–H and O–H groups in total. The first-order chi connectivity index (χ1) is 8.39. The van der Waals surface area contributed by atoms with Crippen molar-refractivity contribution in [3.63, 3.8) is 0 Å². The van der Waals surface area contributed by atoms with Crippen molar-refractivity contribution in [2.24, 2.45) is 0 Å². The van der Waals surface area contributed by atoms with Gasteiger partial charge < -0.3 is 10.1 Å². The summed E-state index contributed by atoms with van der Waals surface area (Å²) in [7, 11) is 0. The van der Waals surface area contributed by atoms with Crippen LogP contribution in [0.25, 0.3) is 0 Å². The van der Waals surface area contributed by atoms with Gasteiger partial charge in [-0.3, -0.25) is 0 Å². The van der Waals surface area contributed by atoms with E-state index in [2.05, 4.69) is 4.98 Å². The maximum Gasteiger partial charge on any atom is 0.332 e. The summed E-state index contributed by atoms with van der Waals surface area (Å²) in [6.45, 7) is 0. The maximum atomic E-state index is 11.6. The average Bonchev–Trinajstić information content (AvgIpc) is 2.54. The number of aromatic nitrogens is 2. The van der Waals surface area contributed by atoms with Gasteiger partial charge in [0, 0.05) is 6.42 Å². The lowest BCUT2D eigenvalue weighted by Gasteiger charge is -2.12. The first-order valence-electron chi connectivity index (χ1n) is 5.03. The van der Waals surface area contributed by atoms with Crippen molar-refractivity contribution in [2.75, 3.05) is 0 Å². The minimum atomic E-state index is -2.02. The van der Waals surface area contributed by atoms with Crippen molar-refractivity contribution in [2.45, 2.75) is 10.3 Å².